The zero-order chi connectivity index (χ0) is 23.2. The molecule has 0 radical (unpaired) electrons. The third-order valence-corrected chi connectivity index (χ3v) is 6.37. The van der Waals surface area contributed by atoms with Gasteiger partial charge in [-0.3, -0.25) is 15.0 Å². The number of carbonyl (C=O) groups is 2. The molecule has 1 saturated carbocycles. The molecule has 1 saturated heterocycles. The molecule has 1 aliphatic carbocycles. The minimum atomic E-state index is -0.408. The zero-order valence-corrected chi connectivity index (χ0v) is 18.7. The van der Waals surface area contributed by atoms with Crippen LogP contribution in [0.5, 0.6) is 5.75 Å². The topological polar surface area (TPSA) is 115 Å². The van der Waals surface area contributed by atoms with E-state index in [1.807, 2.05) is 48.5 Å². The molecule has 33 heavy (non-hydrogen) atoms. The molecule has 4 rings (SSSR count). The number of hydrogen-bond donors (Lipinski definition) is 3. The minimum Gasteiger partial charge on any atom is -0.491 e. The molecule has 7 nitrogen and oxygen atoms in total. The molecule has 4 N–H and O–H groups in total. The maximum atomic E-state index is 12.6. The van der Waals surface area contributed by atoms with E-state index in [1.54, 1.807) is 0 Å². The second kappa shape index (κ2) is 10.5. The van der Waals surface area contributed by atoms with Crippen LogP contribution in [-0.2, 0) is 14.3 Å². The van der Waals surface area contributed by atoms with Gasteiger partial charge < -0.3 is 20.5 Å². The van der Waals surface area contributed by atoms with Crippen molar-refractivity contribution in [2.24, 2.45) is 11.7 Å². The largest absolute Gasteiger partial charge is 0.491 e. The Bertz CT molecular complexity index is 982. The lowest BCUT2D eigenvalue weighted by molar-refractivity contribution is -0.159. The lowest BCUT2D eigenvalue weighted by Crippen LogP contribution is -2.47. The van der Waals surface area contributed by atoms with Crippen LogP contribution < -0.4 is 15.8 Å². The number of esters is 1. The van der Waals surface area contributed by atoms with Gasteiger partial charge in [-0.05, 0) is 55.4 Å². The van der Waals surface area contributed by atoms with Crippen molar-refractivity contribution in [3.05, 3.63) is 54.1 Å². The maximum absolute atomic E-state index is 12.6. The van der Waals surface area contributed by atoms with Crippen LogP contribution in [0, 0.1) is 11.3 Å². The first kappa shape index (κ1) is 22.8. The van der Waals surface area contributed by atoms with E-state index in [2.05, 4.69) is 5.32 Å². The predicted octanol–water partition coefficient (Wildman–Crippen LogP) is 3.79. The van der Waals surface area contributed by atoms with Gasteiger partial charge in [-0.2, -0.15) is 0 Å². The molecule has 174 valence electrons. The van der Waals surface area contributed by atoms with Crippen LogP contribution in [0.25, 0.3) is 11.1 Å². The summed E-state index contributed by atoms with van der Waals surface area (Å²) in [6.45, 7) is 0.297. The number of nitrogens with one attached hydrogen (secondary N) is 2. The van der Waals surface area contributed by atoms with Gasteiger partial charge in [0.2, 0.25) is 5.91 Å². The van der Waals surface area contributed by atoms with Gasteiger partial charge in [0.1, 0.15) is 24.3 Å². The van der Waals surface area contributed by atoms with E-state index in [9.17, 15) is 9.59 Å². The molecule has 2 aromatic carbocycles. The second-order valence-electron chi connectivity index (χ2n) is 8.92. The van der Waals surface area contributed by atoms with Crippen LogP contribution in [0.4, 0.5) is 0 Å². The monoisotopic (exact) mass is 449 g/mol. The maximum Gasteiger partial charge on any atom is 0.309 e. The summed E-state index contributed by atoms with van der Waals surface area (Å²) < 4.78 is 11.6. The Morgan fingerprint density at radius 2 is 1.64 bits per heavy atom. The number of amidine groups is 1. The Morgan fingerprint density at radius 3 is 2.27 bits per heavy atom. The number of amides is 1. The molecule has 2 atom stereocenters. The van der Waals surface area contributed by atoms with Crippen molar-refractivity contribution in [1.29, 1.82) is 5.41 Å². The molecule has 0 aromatic heterocycles. The van der Waals surface area contributed by atoms with Gasteiger partial charge in [-0.1, -0.05) is 42.8 Å². The average Bonchev–Trinajstić information content (AvgIpc) is 2.83. The summed E-state index contributed by atoms with van der Waals surface area (Å²) in [6, 6.07) is 15.0. The highest BCUT2D eigenvalue weighted by Crippen LogP contribution is 2.26. The quantitative estimate of drug-likeness (QED) is 0.338. The van der Waals surface area contributed by atoms with Gasteiger partial charge >= 0.3 is 5.97 Å². The van der Waals surface area contributed by atoms with Crippen molar-refractivity contribution in [2.45, 2.75) is 57.1 Å². The number of carbonyl (C=O) groups excluding carboxylic acids is 2. The third-order valence-electron chi connectivity index (χ3n) is 6.37. The van der Waals surface area contributed by atoms with Gasteiger partial charge in [0.25, 0.3) is 0 Å². The summed E-state index contributed by atoms with van der Waals surface area (Å²) in [6.07, 6.45) is 5.96. The standard InChI is InChI=1S/C26H31N3O4/c27-25(28)19-8-6-17(7-9-19)18-10-12-22(13-11-18)32-16-21-14-20(15-24(30)29-21)26(31)33-23-4-2-1-3-5-23/h6-13,20-21,23H,1-5,14-16H2,(H3,27,28)(H,29,30)/t20-,21-/m0/s1. The minimum absolute atomic E-state index is 0.00289. The van der Waals surface area contributed by atoms with Crippen molar-refractivity contribution in [3.8, 4) is 16.9 Å². The summed E-state index contributed by atoms with van der Waals surface area (Å²) >= 11 is 0. The molecule has 1 amide bonds. The van der Waals surface area contributed by atoms with Crippen LogP contribution >= 0.6 is 0 Å². The number of hydrogen-bond acceptors (Lipinski definition) is 5. The predicted molar refractivity (Wildman–Crippen MR) is 126 cm³/mol. The average molecular weight is 450 g/mol. The smallest absolute Gasteiger partial charge is 0.309 e. The summed E-state index contributed by atoms with van der Waals surface area (Å²) in [5.41, 5.74) is 8.24. The highest BCUT2D eigenvalue weighted by molar-refractivity contribution is 5.95. The molecular formula is C26H31N3O4. The van der Waals surface area contributed by atoms with Gasteiger partial charge in [-0.25, -0.2) is 0 Å². The number of nitrogen functional groups attached to an aromatic ring is 1. The summed E-state index contributed by atoms with van der Waals surface area (Å²) in [7, 11) is 0. The number of nitrogens with two attached hydrogens (primary N) is 1. The molecular weight excluding hydrogens is 418 g/mol. The van der Waals surface area contributed by atoms with E-state index in [-0.39, 0.29) is 36.3 Å². The van der Waals surface area contributed by atoms with Crippen molar-refractivity contribution in [1.82, 2.24) is 5.32 Å². The van der Waals surface area contributed by atoms with Crippen molar-refractivity contribution >= 4 is 17.7 Å². The van der Waals surface area contributed by atoms with Crippen LogP contribution in [-0.4, -0.2) is 36.5 Å². The Balaban J connectivity index is 1.30. The first-order valence-corrected chi connectivity index (χ1v) is 11.7. The Morgan fingerprint density at radius 1 is 1.00 bits per heavy atom. The van der Waals surface area contributed by atoms with Crippen molar-refractivity contribution < 1.29 is 19.1 Å². The highest BCUT2D eigenvalue weighted by Gasteiger charge is 2.34. The van der Waals surface area contributed by atoms with Crippen molar-refractivity contribution in [3.63, 3.8) is 0 Å². The van der Waals surface area contributed by atoms with Gasteiger partial charge in [0, 0.05) is 12.0 Å². The summed E-state index contributed by atoms with van der Waals surface area (Å²) in [5.74, 6) is -0.0498. The lowest BCUT2D eigenvalue weighted by atomic mass is 9.92. The van der Waals surface area contributed by atoms with Crippen LogP contribution in [0.15, 0.2) is 48.5 Å². The fourth-order valence-electron chi connectivity index (χ4n) is 4.51. The first-order chi connectivity index (χ1) is 16.0. The Kier molecular flexibility index (Phi) is 7.27. The van der Waals surface area contributed by atoms with Crippen molar-refractivity contribution in [2.75, 3.05) is 6.61 Å². The fourth-order valence-corrected chi connectivity index (χ4v) is 4.51. The third kappa shape index (κ3) is 6.12. The molecule has 7 heteroatoms. The lowest BCUT2D eigenvalue weighted by Gasteiger charge is -2.30. The summed E-state index contributed by atoms with van der Waals surface area (Å²) in [4.78, 5) is 24.8. The zero-order valence-electron chi connectivity index (χ0n) is 18.7. The van der Waals surface area contributed by atoms with Crippen LogP contribution in [0.2, 0.25) is 0 Å². The Labute approximate surface area is 194 Å². The van der Waals surface area contributed by atoms with E-state index in [4.69, 9.17) is 20.6 Å². The molecule has 2 aliphatic rings. The molecule has 0 spiro atoms. The SMILES string of the molecule is N=C(N)c1ccc(-c2ccc(OC[C@@H]3C[C@H](C(=O)OC4CCCCC4)CC(=O)N3)cc2)cc1. The fraction of sp³-hybridized carbons (Fsp3) is 0.423. The van der Waals surface area contributed by atoms with E-state index < -0.39 is 5.92 Å². The van der Waals surface area contributed by atoms with Gasteiger partial charge in [0.15, 0.2) is 0 Å². The number of benzene rings is 2. The van der Waals surface area contributed by atoms with Crippen LogP contribution in [0.1, 0.15) is 50.5 Å². The first-order valence-electron chi connectivity index (χ1n) is 11.7. The van der Waals surface area contributed by atoms with Gasteiger partial charge in [0.05, 0.1) is 12.0 Å². The molecule has 1 heterocycles. The Hall–Kier alpha value is -3.35. The number of rotatable bonds is 7. The molecule has 0 unspecified atom stereocenters. The highest BCUT2D eigenvalue weighted by atomic mass is 16.5. The molecule has 0 bridgehead atoms. The summed E-state index contributed by atoms with van der Waals surface area (Å²) in [5, 5.41) is 10.4. The molecule has 1 aliphatic heterocycles. The number of piperidine rings is 1. The molecule has 2 fully saturated rings. The van der Waals surface area contributed by atoms with E-state index >= 15 is 0 Å². The second-order valence-corrected chi connectivity index (χ2v) is 8.92. The van der Waals surface area contributed by atoms with E-state index in [1.165, 1.54) is 6.42 Å². The van der Waals surface area contributed by atoms with Crippen LogP contribution in [0.3, 0.4) is 0 Å². The molecule has 2 aromatic rings. The van der Waals surface area contributed by atoms with Gasteiger partial charge in [-0.15, -0.1) is 0 Å². The normalized spacial score (nSPS) is 21.2. The van der Waals surface area contributed by atoms with E-state index in [0.29, 0.717) is 24.3 Å². The number of ether oxygens (including phenoxy) is 2. The van der Waals surface area contributed by atoms with E-state index in [0.717, 1.165) is 36.8 Å².